The van der Waals surface area contributed by atoms with Crippen molar-refractivity contribution in [2.75, 3.05) is 18.5 Å². The number of nitrogens with zero attached hydrogens (tertiary/aromatic N) is 3. The Kier molecular flexibility index (Phi) is 2.77. The van der Waals surface area contributed by atoms with Crippen LogP contribution in [0.2, 0.25) is 0 Å². The molecular formula is C9H12N4O2. The van der Waals surface area contributed by atoms with Crippen LogP contribution < -0.4 is 5.43 Å². The smallest absolute Gasteiger partial charge is 0.289 e. The fourth-order valence-corrected chi connectivity index (χ4v) is 1.60. The highest BCUT2D eigenvalue weighted by molar-refractivity contribution is 5.47. The minimum absolute atomic E-state index is 0.0131. The molecule has 15 heavy (non-hydrogen) atoms. The number of nitrogens with one attached hydrogen (secondary N) is 1. The average Bonchev–Trinajstić information content (AvgIpc) is 2.71. The summed E-state index contributed by atoms with van der Waals surface area (Å²) in [4.78, 5) is 13.9. The molecule has 1 aliphatic heterocycles. The van der Waals surface area contributed by atoms with E-state index < -0.39 is 4.92 Å². The van der Waals surface area contributed by atoms with Crippen LogP contribution in [0.5, 0.6) is 0 Å². The van der Waals surface area contributed by atoms with Crippen LogP contribution in [0.3, 0.4) is 0 Å². The average molecular weight is 208 g/mol. The zero-order chi connectivity index (χ0) is 10.7. The molecule has 6 heteroatoms. The molecule has 80 valence electrons. The molecule has 2 rings (SSSR count). The molecule has 0 radical (unpaired) electrons. The van der Waals surface area contributed by atoms with Gasteiger partial charge in [0.15, 0.2) is 0 Å². The van der Waals surface area contributed by atoms with Gasteiger partial charge in [0.1, 0.15) is 6.20 Å². The van der Waals surface area contributed by atoms with E-state index in [1.165, 1.54) is 12.3 Å². The van der Waals surface area contributed by atoms with Crippen LogP contribution in [-0.2, 0) is 0 Å². The number of rotatable bonds is 3. The lowest BCUT2D eigenvalue weighted by molar-refractivity contribution is -0.385. The molecule has 0 aromatic carbocycles. The van der Waals surface area contributed by atoms with Crippen molar-refractivity contribution in [1.29, 1.82) is 0 Å². The Bertz CT molecular complexity index is 363. The van der Waals surface area contributed by atoms with Crippen LogP contribution in [0, 0.1) is 10.1 Å². The highest BCUT2D eigenvalue weighted by atomic mass is 16.6. The summed E-state index contributed by atoms with van der Waals surface area (Å²) in [6.07, 6.45) is 5.16. The maximum absolute atomic E-state index is 10.5. The van der Waals surface area contributed by atoms with E-state index >= 15 is 0 Å². The van der Waals surface area contributed by atoms with Crippen molar-refractivity contribution < 1.29 is 4.92 Å². The predicted octanol–water partition coefficient (Wildman–Crippen LogP) is 1.41. The Balaban J connectivity index is 2.07. The van der Waals surface area contributed by atoms with E-state index in [9.17, 15) is 10.1 Å². The van der Waals surface area contributed by atoms with Crippen molar-refractivity contribution in [2.45, 2.75) is 12.8 Å². The maximum Gasteiger partial charge on any atom is 0.289 e. The van der Waals surface area contributed by atoms with Crippen LogP contribution in [0.25, 0.3) is 0 Å². The molecule has 1 saturated heterocycles. The summed E-state index contributed by atoms with van der Waals surface area (Å²) in [5, 5.41) is 12.6. The molecule has 6 nitrogen and oxygen atoms in total. The third-order valence-corrected chi connectivity index (χ3v) is 2.33. The molecule has 1 N–H and O–H groups in total. The molecule has 0 spiro atoms. The Morgan fingerprint density at radius 3 is 2.80 bits per heavy atom. The van der Waals surface area contributed by atoms with E-state index in [2.05, 4.69) is 10.4 Å². The van der Waals surface area contributed by atoms with Crippen LogP contribution in [0.1, 0.15) is 12.8 Å². The van der Waals surface area contributed by atoms with Gasteiger partial charge in [-0.2, -0.15) is 0 Å². The van der Waals surface area contributed by atoms with Crippen molar-refractivity contribution in [3.8, 4) is 0 Å². The Hall–Kier alpha value is -1.69. The first kappa shape index (κ1) is 9.85. The van der Waals surface area contributed by atoms with Gasteiger partial charge in [0.05, 0.1) is 16.8 Å². The van der Waals surface area contributed by atoms with Gasteiger partial charge in [-0.3, -0.25) is 15.1 Å². The zero-order valence-corrected chi connectivity index (χ0v) is 8.22. The van der Waals surface area contributed by atoms with Crippen molar-refractivity contribution >= 4 is 11.4 Å². The molecule has 0 amide bonds. The van der Waals surface area contributed by atoms with E-state index in [0.717, 1.165) is 25.9 Å². The van der Waals surface area contributed by atoms with Gasteiger partial charge in [-0.1, -0.05) is 0 Å². The molecule has 1 aliphatic rings. The third kappa shape index (κ3) is 2.41. The topological polar surface area (TPSA) is 71.3 Å². The van der Waals surface area contributed by atoms with Gasteiger partial charge in [-0.25, -0.2) is 5.01 Å². The number of pyridine rings is 1. The second kappa shape index (κ2) is 4.22. The zero-order valence-electron chi connectivity index (χ0n) is 8.22. The summed E-state index contributed by atoms with van der Waals surface area (Å²) in [5.74, 6) is 0. The van der Waals surface area contributed by atoms with E-state index in [-0.39, 0.29) is 5.69 Å². The highest BCUT2D eigenvalue weighted by Gasteiger charge is 2.13. The summed E-state index contributed by atoms with van der Waals surface area (Å²) in [5.41, 5.74) is 3.79. The van der Waals surface area contributed by atoms with Gasteiger partial charge >= 0.3 is 0 Å². The van der Waals surface area contributed by atoms with Gasteiger partial charge in [0, 0.05) is 19.2 Å². The maximum atomic E-state index is 10.5. The number of aromatic nitrogens is 1. The third-order valence-electron chi connectivity index (χ3n) is 2.33. The lowest BCUT2D eigenvalue weighted by atomic mass is 10.4. The SMILES string of the molecule is O=[N+]([O-])c1cncc(NN2CCCC2)c1. The molecular weight excluding hydrogens is 196 g/mol. The van der Waals surface area contributed by atoms with E-state index in [4.69, 9.17) is 0 Å². The van der Waals surface area contributed by atoms with Crippen LogP contribution in [0.4, 0.5) is 11.4 Å². The van der Waals surface area contributed by atoms with Crippen molar-refractivity contribution in [3.05, 3.63) is 28.6 Å². The van der Waals surface area contributed by atoms with Gasteiger partial charge in [-0.15, -0.1) is 0 Å². The van der Waals surface area contributed by atoms with Crippen molar-refractivity contribution in [1.82, 2.24) is 9.99 Å². The van der Waals surface area contributed by atoms with Gasteiger partial charge < -0.3 is 5.43 Å². The van der Waals surface area contributed by atoms with Gasteiger partial charge in [-0.05, 0) is 12.8 Å². The second-order valence-electron chi connectivity index (χ2n) is 3.49. The monoisotopic (exact) mass is 208 g/mol. The lowest BCUT2D eigenvalue weighted by Gasteiger charge is -2.16. The number of nitro groups is 1. The molecule has 1 aromatic rings. The molecule has 0 bridgehead atoms. The fraction of sp³-hybridized carbons (Fsp3) is 0.444. The summed E-state index contributed by atoms with van der Waals surface area (Å²) < 4.78 is 0. The van der Waals surface area contributed by atoms with Gasteiger partial charge in [0.2, 0.25) is 0 Å². The van der Waals surface area contributed by atoms with E-state index in [1.54, 1.807) is 6.20 Å². The van der Waals surface area contributed by atoms with E-state index in [0.29, 0.717) is 5.69 Å². The number of anilines is 1. The fourth-order valence-electron chi connectivity index (χ4n) is 1.60. The number of hydrazine groups is 1. The van der Waals surface area contributed by atoms with Crippen molar-refractivity contribution in [2.24, 2.45) is 0 Å². The Labute approximate surface area is 87.0 Å². The minimum Gasteiger partial charge on any atom is -0.317 e. The summed E-state index contributed by atoms with van der Waals surface area (Å²) >= 11 is 0. The first-order valence-corrected chi connectivity index (χ1v) is 4.87. The highest BCUT2D eigenvalue weighted by Crippen LogP contribution is 2.17. The molecule has 1 fully saturated rings. The first-order valence-electron chi connectivity index (χ1n) is 4.87. The van der Waals surface area contributed by atoms with Crippen LogP contribution in [-0.4, -0.2) is 28.0 Å². The molecule has 0 unspecified atom stereocenters. The van der Waals surface area contributed by atoms with Crippen molar-refractivity contribution in [3.63, 3.8) is 0 Å². The molecule has 1 aromatic heterocycles. The van der Waals surface area contributed by atoms with Crippen LogP contribution in [0.15, 0.2) is 18.5 Å². The first-order chi connectivity index (χ1) is 7.25. The lowest BCUT2D eigenvalue weighted by Crippen LogP contribution is -2.26. The largest absolute Gasteiger partial charge is 0.317 e. The summed E-state index contributed by atoms with van der Waals surface area (Å²) in [6.45, 7) is 1.95. The Morgan fingerprint density at radius 1 is 1.40 bits per heavy atom. The summed E-state index contributed by atoms with van der Waals surface area (Å²) in [6, 6.07) is 1.49. The molecule has 2 heterocycles. The van der Waals surface area contributed by atoms with E-state index in [1.807, 2.05) is 5.01 Å². The molecule has 0 atom stereocenters. The van der Waals surface area contributed by atoms with Crippen LogP contribution >= 0.6 is 0 Å². The predicted molar refractivity (Wildman–Crippen MR) is 55.3 cm³/mol. The number of hydrogen-bond acceptors (Lipinski definition) is 5. The minimum atomic E-state index is -0.442. The standard InChI is InChI=1S/C9H12N4O2/c14-13(15)9-5-8(6-10-7-9)11-12-3-1-2-4-12/h5-7,11H,1-4H2. The Morgan fingerprint density at radius 2 is 2.13 bits per heavy atom. The number of hydrogen-bond donors (Lipinski definition) is 1. The molecule has 0 saturated carbocycles. The quantitative estimate of drug-likeness (QED) is 0.600. The second-order valence-corrected chi connectivity index (χ2v) is 3.49. The van der Waals surface area contributed by atoms with Gasteiger partial charge in [0.25, 0.3) is 5.69 Å². The summed E-state index contributed by atoms with van der Waals surface area (Å²) in [7, 11) is 0. The normalized spacial score (nSPS) is 16.5. The molecule has 0 aliphatic carbocycles.